The van der Waals surface area contributed by atoms with Crippen LogP contribution in [-0.4, -0.2) is 59.4 Å². The predicted molar refractivity (Wildman–Crippen MR) is 140 cm³/mol. The van der Waals surface area contributed by atoms with Gasteiger partial charge in [-0.15, -0.1) is 0 Å². The van der Waals surface area contributed by atoms with Gasteiger partial charge in [-0.3, -0.25) is 4.90 Å². The number of aliphatic imine (C=N–C) groups is 2. The van der Waals surface area contributed by atoms with E-state index in [9.17, 15) is 10.2 Å². The molecule has 7 heteroatoms. The largest absolute Gasteiger partial charge is 0.508 e. The molecule has 190 valence electrons. The second-order valence-electron chi connectivity index (χ2n) is 8.77. The number of aliphatic hydroxyl groups is 1. The Morgan fingerprint density at radius 2 is 1.63 bits per heavy atom. The first kappa shape index (κ1) is 26.7. The number of para-hydroxylation sites is 1. The second kappa shape index (κ2) is 14.5. The lowest BCUT2D eigenvalue weighted by molar-refractivity contribution is 0.00577. The highest BCUT2D eigenvalue weighted by atomic mass is 16.5. The molecule has 3 rings (SSSR count). The maximum Gasteiger partial charge on any atom is 0.295 e. The Hall–Kier alpha value is -2.90. The molecule has 1 aliphatic heterocycles. The van der Waals surface area contributed by atoms with E-state index < -0.39 is 12.3 Å². The van der Waals surface area contributed by atoms with E-state index in [0.29, 0.717) is 24.7 Å². The van der Waals surface area contributed by atoms with Gasteiger partial charge in [-0.25, -0.2) is 9.98 Å². The van der Waals surface area contributed by atoms with Gasteiger partial charge in [0.2, 0.25) is 0 Å². The van der Waals surface area contributed by atoms with Gasteiger partial charge >= 0.3 is 0 Å². The van der Waals surface area contributed by atoms with Crippen LogP contribution in [0.25, 0.3) is 0 Å². The molecule has 0 saturated heterocycles. The standard InChI is InChI=1S/C28H39N3O4/c1-3-5-7-13-18-31-27(22-14-9-8-10-15-22)29-26(24-16-11-12-17-25(24)33)30-28(31)35-21-23(32)20-34-19-6-4-2/h8-12,14-17,23,26,32-33H,3-7,13,18-21H2,1-2H3. The van der Waals surface area contributed by atoms with E-state index >= 15 is 0 Å². The highest BCUT2D eigenvalue weighted by Gasteiger charge is 2.29. The Morgan fingerprint density at radius 1 is 0.886 bits per heavy atom. The number of hydrogen-bond acceptors (Lipinski definition) is 7. The maximum atomic E-state index is 10.5. The van der Waals surface area contributed by atoms with Crippen molar-refractivity contribution in [3.8, 4) is 5.75 Å². The lowest BCUT2D eigenvalue weighted by Gasteiger charge is -2.32. The van der Waals surface area contributed by atoms with Crippen LogP contribution in [0.5, 0.6) is 5.75 Å². The van der Waals surface area contributed by atoms with Crippen molar-refractivity contribution < 1.29 is 19.7 Å². The summed E-state index contributed by atoms with van der Waals surface area (Å²) in [5, 5.41) is 20.9. The zero-order chi connectivity index (χ0) is 24.9. The molecule has 0 bridgehead atoms. The van der Waals surface area contributed by atoms with Gasteiger partial charge in [-0.1, -0.05) is 88.1 Å². The molecule has 0 saturated carbocycles. The summed E-state index contributed by atoms with van der Waals surface area (Å²) in [5.74, 6) is 0.881. The maximum absolute atomic E-state index is 10.5. The summed E-state index contributed by atoms with van der Waals surface area (Å²) < 4.78 is 11.6. The fourth-order valence-corrected chi connectivity index (χ4v) is 3.84. The molecule has 7 nitrogen and oxygen atoms in total. The first-order valence-electron chi connectivity index (χ1n) is 12.8. The van der Waals surface area contributed by atoms with Crippen LogP contribution in [0.2, 0.25) is 0 Å². The van der Waals surface area contributed by atoms with E-state index in [4.69, 9.17) is 19.5 Å². The Balaban J connectivity index is 1.86. The van der Waals surface area contributed by atoms with E-state index in [-0.39, 0.29) is 19.0 Å². The number of benzene rings is 2. The zero-order valence-corrected chi connectivity index (χ0v) is 21.0. The Labute approximate surface area is 209 Å². The van der Waals surface area contributed by atoms with Gasteiger partial charge in [0.25, 0.3) is 6.02 Å². The molecule has 0 aliphatic carbocycles. The van der Waals surface area contributed by atoms with Crippen molar-refractivity contribution in [2.75, 3.05) is 26.4 Å². The summed E-state index contributed by atoms with van der Waals surface area (Å²) in [7, 11) is 0. The third kappa shape index (κ3) is 8.08. The van der Waals surface area contributed by atoms with Crippen molar-refractivity contribution >= 4 is 11.9 Å². The van der Waals surface area contributed by atoms with Crippen molar-refractivity contribution in [1.82, 2.24) is 4.90 Å². The van der Waals surface area contributed by atoms with Crippen molar-refractivity contribution in [1.29, 1.82) is 0 Å². The van der Waals surface area contributed by atoms with Gasteiger partial charge in [0.05, 0.1) is 6.61 Å². The van der Waals surface area contributed by atoms with E-state index in [1.807, 2.05) is 47.4 Å². The SMILES string of the molecule is CCCCCCN1C(OCC(O)COCCCC)=NC(c2ccccc2O)N=C1c1ccccc1. The molecule has 2 unspecified atom stereocenters. The monoisotopic (exact) mass is 481 g/mol. The van der Waals surface area contributed by atoms with Crippen molar-refractivity contribution in [3.05, 3.63) is 65.7 Å². The molecule has 2 atom stereocenters. The molecular weight excluding hydrogens is 442 g/mol. The van der Waals surface area contributed by atoms with E-state index in [2.05, 4.69) is 13.8 Å². The minimum Gasteiger partial charge on any atom is -0.508 e. The van der Waals surface area contributed by atoms with Crippen LogP contribution < -0.4 is 0 Å². The third-order valence-corrected chi connectivity index (χ3v) is 5.80. The number of hydrogen-bond donors (Lipinski definition) is 2. The van der Waals surface area contributed by atoms with Crippen LogP contribution in [0, 0.1) is 0 Å². The Kier molecular flexibility index (Phi) is 11.1. The van der Waals surface area contributed by atoms with E-state index in [1.165, 1.54) is 0 Å². The van der Waals surface area contributed by atoms with Gasteiger partial charge < -0.3 is 19.7 Å². The number of rotatable bonds is 14. The minimum atomic E-state index is -0.765. The van der Waals surface area contributed by atoms with Crippen molar-refractivity contribution in [2.24, 2.45) is 9.98 Å². The fraction of sp³-hybridized carbons (Fsp3) is 0.500. The first-order valence-corrected chi connectivity index (χ1v) is 12.8. The van der Waals surface area contributed by atoms with Crippen molar-refractivity contribution in [2.45, 2.75) is 64.6 Å². The Morgan fingerprint density at radius 3 is 2.37 bits per heavy atom. The highest BCUT2D eigenvalue weighted by molar-refractivity contribution is 6.08. The number of nitrogens with zero attached hydrogens (tertiary/aromatic N) is 3. The van der Waals surface area contributed by atoms with Crippen LogP contribution in [0.4, 0.5) is 0 Å². The average molecular weight is 482 g/mol. The van der Waals surface area contributed by atoms with Crippen LogP contribution in [-0.2, 0) is 9.47 Å². The summed E-state index contributed by atoms with van der Waals surface area (Å²) in [5.41, 5.74) is 1.55. The van der Waals surface area contributed by atoms with Gasteiger partial charge in [0, 0.05) is 24.3 Å². The molecule has 0 fully saturated rings. The van der Waals surface area contributed by atoms with Crippen molar-refractivity contribution in [3.63, 3.8) is 0 Å². The average Bonchev–Trinajstić information content (AvgIpc) is 2.89. The normalized spacial score (nSPS) is 16.5. The van der Waals surface area contributed by atoms with Crippen LogP contribution in [0.3, 0.4) is 0 Å². The number of phenolic OH excluding ortho intramolecular Hbond substituents is 1. The lowest BCUT2D eigenvalue weighted by atomic mass is 10.1. The zero-order valence-electron chi connectivity index (χ0n) is 21.0. The molecular formula is C28H39N3O4. The summed E-state index contributed by atoms with van der Waals surface area (Å²) >= 11 is 0. The third-order valence-electron chi connectivity index (χ3n) is 5.80. The number of aromatic hydroxyl groups is 1. The molecule has 0 aromatic heterocycles. The van der Waals surface area contributed by atoms with E-state index in [0.717, 1.165) is 49.9 Å². The minimum absolute atomic E-state index is 0.0615. The molecule has 35 heavy (non-hydrogen) atoms. The summed E-state index contributed by atoms with van der Waals surface area (Å²) in [6.07, 6.45) is 4.97. The summed E-state index contributed by atoms with van der Waals surface area (Å²) in [6.45, 7) is 5.89. The predicted octanol–water partition coefficient (Wildman–Crippen LogP) is 5.28. The topological polar surface area (TPSA) is 86.9 Å². The number of aliphatic hydroxyl groups excluding tert-OH is 1. The smallest absolute Gasteiger partial charge is 0.295 e. The van der Waals surface area contributed by atoms with Crippen LogP contribution >= 0.6 is 0 Å². The fourth-order valence-electron chi connectivity index (χ4n) is 3.84. The molecule has 1 heterocycles. The van der Waals surface area contributed by atoms with Crippen LogP contribution in [0.15, 0.2) is 64.6 Å². The summed E-state index contributed by atoms with van der Waals surface area (Å²) in [6, 6.07) is 17.4. The van der Waals surface area contributed by atoms with Gasteiger partial charge in [-0.2, -0.15) is 0 Å². The molecule has 0 radical (unpaired) electrons. The quantitative estimate of drug-likeness (QED) is 0.358. The number of phenols is 1. The molecule has 2 N–H and O–H groups in total. The second-order valence-corrected chi connectivity index (χ2v) is 8.77. The molecule has 2 aromatic carbocycles. The number of ether oxygens (including phenoxy) is 2. The molecule has 0 amide bonds. The van der Waals surface area contributed by atoms with E-state index in [1.54, 1.807) is 12.1 Å². The molecule has 2 aromatic rings. The van der Waals surface area contributed by atoms with Gasteiger partial charge in [-0.05, 0) is 18.9 Å². The first-order chi connectivity index (χ1) is 17.1. The molecule has 1 aliphatic rings. The van der Waals surface area contributed by atoms with Crippen LogP contribution in [0.1, 0.15) is 69.7 Å². The molecule has 0 spiro atoms. The number of unbranched alkanes of at least 4 members (excludes halogenated alkanes) is 4. The van der Waals surface area contributed by atoms with Gasteiger partial charge in [0.1, 0.15) is 24.3 Å². The lowest BCUT2D eigenvalue weighted by Crippen LogP contribution is -2.43. The highest BCUT2D eigenvalue weighted by Crippen LogP contribution is 2.32. The van der Waals surface area contributed by atoms with Gasteiger partial charge in [0.15, 0.2) is 6.17 Å². The number of amidine groups is 2. The summed E-state index contributed by atoms with van der Waals surface area (Å²) in [4.78, 5) is 11.7. The Bertz CT molecular complexity index is 948.